The van der Waals surface area contributed by atoms with Gasteiger partial charge in [-0.25, -0.2) is 0 Å². The van der Waals surface area contributed by atoms with E-state index in [1.54, 1.807) is 7.11 Å². The van der Waals surface area contributed by atoms with Gasteiger partial charge < -0.3 is 20.7 Å². The molecule has 0 saturated heterocycles. The fourth-order valence-electron chi connectivity index (χ4n) is 2.20. The molecule has 0 atom stereocenters. The smallest absolute Gasteiger partial charge is 0.243 e. The Balaban J connectivity index is 1.89. The quantitative estimate of drug-likeness (QED) is 0.701. The van der Waals surface area contributed by atoms with E-state index >= 15 is 0 Å². The van der Waals surface area contributed by atoms with E-state index in [1.807, 2.05) is 48.5 Å². The lowest BCUT2D eigenvalue weighted by molar-refractivity contribution is -0.114. The number of methoxy groups -OCH3 is 1. The number of hydrogen-bond donors (Lipinski definition) is 3. The van der Waals surface area contributed by atoms with E-state index in [0.29, 0.717) is 5.75 Å². The van der Waals surface area contributed by atoms with Crippen LogP contribution in [0, 0.1) is 0 Å². The highest BCUT2D eigenvalue weighted by Crippen LogP contribution is 2.22. The molecular weight excluding hydrogens is 290 g/mol. The average molecular weight is 313 g/mol. The van der Waals surface area contributed by atoms with E-state index in [9.17, 15) is 4.79 Å². The van der Waals surface area contributed by atoms with Crippen LogP contribution in [0.5, 0.6) is 5.75 Å². The first-order valence-corrected chi connectivity index (χ1v) is 7.69. The summed E-state index contributed by atoms with van der Waals surface area (Å²) < 4.78 is 5.25. The van der Waals surface area contributed by atoms with Crippen molar-refractivity contribution in [2.45, 2.75) is 13.5 Å². The summed E-state index contributed by atoms with van der Waals surface area (Å²) in [5.74, 6) is 0.615. The number of carbonyl (C=O) groups excluding carboxylic acids is 1. The third-order valence-electron chi connectivity index (χ3n) is 3.34. The predicted molar refractivity (Wildman–Crippen MR) is 93.9 cm³/mol. The molecule has 0 bridgehead atoms. The molecule has 0 aliphatic heterocycles. The SMILES string of the molecule is CCNCc1cccc(NC(=O)CNc2ccccc2OC)c1. The molecule has 0 fully saturated rings. The number of nitrogens with one attached hydrogen (secondary N) is 3. The maximum Gasteiger partial charge on any atom is 0.243 e. The molecule has 2 aromatic rings. The summed E-state index contributed by atoms with van der Waals surface area (Å²) in [6.07, 6.45) is 0. The molecule has 0 aliphatic rings. The van der Waals surface area contributed by atoms with Crippen LogP contribution in [-0.2, 0) is 11.3 Å². The van der Waals surface area contributed by atoms with Crippen LogP contribution in [-0.4, -0.2) is 26.1 Å². The lowest BCUT2D eigenvalue weighted by Crippen LogP contribution is -2.22. The number of para-hydroxylation sites is 2. The molecule has 5 heteroatoms. The van der Waals surface area contributed by atoms with Gasteiger partial charge in [-0.15, -0.1) is 0 Å². The van der Waals surface area contributed by atoms with Crippen LogP contribution in [0.1, 0.15) is 12.5 Å². The maximum absolute atomic E-state index is 12.1. The second-order valence-corrected chi connectivity index (χ2v) is 5.08. The van der Waals surface area contributed by atoms with Crippen LogP contribution in [0.4, 0.5) is 11.4 Å². The molecule has 0 aliphatic carbocycles. The molecule has 2 aromatic carbocycles. The largest absolute Gasteiger partial charge is 0.495 e. The molecule has 0 heterocycles. The second-order valence-electron chi connectivity index (χ2n) is 5.08. The van der Waals surface area contributed by atoms with Gasteiger partial charge >= 0.3 is 0 Å². The number of anilines is 2. The van der Waals surface area contributed by atoms with Gasteiger partial charge in [-0.3, -0.25) is 4.79 Å². The van der Waals surface area contributed by atoms with E-state index < -0.39 is 0 Å². The standard InChI is InChI=1S/C18H23N3O2/c1-3-19-12-14-7-6-8-15(11-14)21-18(22)13-20-16-9-4-5-10-17(16)23-2/h4-11,19-20H,3,12-13H2,1-2H3,(H,21,22). The fraction of sp³-hybridized carbons (Fsp3) is 0.278. The Hall–Kier alpha value is -2.53. The molecule has 1 amide bonds. The summed E-state index contributed by atoms with van der Waals surface area (Å²) in [5, 5.41) is 9.25. The van der Waals surface area contributed by atoms with Crippen molar-refractivity contribution in [1.29, 1.82) is 0 Å². The minimum absolute atomic E-state index is 0.100. The van der Waals surface area contributed by atoms with Gasteiger partial charge in [0.1, 0.15) is 5.75 Å². The molecule has 0 aromatic heterocycles. The number of hydrogen-bond acceptors (Lipinski definition) is 4. The van der Waals surface area contributed by atoms with Crippen LogP contribution in [0.3, 0.4) is 0 Å². The van der Waals surface area contributed by atoms with Crippen molar-refractivity contribution < 1.29 is 9.53 Å². The summed E-state index contributed by atoms with van der Waals surface area (Å²) in [6.45, 7) is 3.95. The summed E-state index contributed by atoms with van der Waals surface area (Å²) in [7, 11) is 1.61. The highest BCUT2D eigenvalue weighted by molar-refractivity contribution is 5.94. The molecule has 122 valence electrons. The summed E-state index contributed by atoms with van der Waals surface area (Å²) in [5.41, 5.74) is 2.74. The Bertz CT molecular complexity index is 644. The van der Waals surface area contributed by atoms with Crippen LogP contribution < -0.4 is 20.7 Å². The van der Waals surface area contributed by atoms with Crippen LogP contribution in [0.2, 0.25) is 0 Å². The van der Waals surface area contributed by atoms with Crippen molar-refractivity contribution in [3.05, 3.63) is 54.1 Å². The van der Waals surface area contributed by atoms with Crippen LogP contribution in [0.15, 0.2) is 48.5 Å². The van der Waals surface area contributed by atoms with Crippen molar-refractivity contribution in [2.24, 2.45) is 0 Å². The second kappa shape index (κ2) is 8.80. The first kappa shape index (κ1) is 16.8. The lowest BCUT2D eigenvalue weighted by Gasteiger charge is -2.11. The van der Waals surface area contributed by atoms with E-state index in [-0.39, 0.29) is 12.5 Å². The van der Waals surface area contributed by atoms with Crippen molar-refractivity contribution in [3.63, 3.8) is 0 Å². The predicted octanol–water partition coefficient (Wildman–Crippen LogP) is 2.86. The zero-order valence-electron chi connectivity index (χ0n) is 13.6. The van der Waals surface area contributed by atoms with Gasteiger partial charge in [0.05, 0.1) is 19.3 Å². The molecule has 0 radical (unpaired) electrons. The topological polar surface area (TPSA) is 62.4 Å². The van der Waals surface area contributed by atoms with E-state index in [0.717, 1.165) is 30.0 Å². The summed E-state index contributed by atoms with van der Waals surface area (Å²) in [4.78, 5) is 12.1. The average Bonchev–Trinajstić information content (AvgIpc) is 2.58. The Kier molecular flexibility index (Phi) is 6.44. The normalized spacial score (nSPS) is 10.2. The summed E-state index contributed by atoms with van der Waals surface area (Å²) in [6, 6.07) is 15.3. The fourth-order valence-corrected chi connectivity index (χ4v) is 2.20. The van der Waals surface area contributed by atoms with Crippen LogP contribution >= 0.6 is 0 Å². The van der Waals surface area contributed by atoms with Gasteiger partial charge in [-0.05, 0) is 36.4 Å². The molecule has 0 spiro atoms. The van der Waals surface area contributed by atoms with Gasteiger partial charge in [-0.2, -0.15) is 0 Å². The molecule has 2 rings (SSSR count). The molecule has 23 heavy (non-hydrogen) atoms. The molecule has 0 saturated carbocycles. The number of rotatable bonds is 8. The Morgan fingerprint density at radius 3 is 2.74 bits per heavy atom. The monoisotopic (exact) mass is 313 g/mol. The van der Waals surface area contributed by atoms with Gasteiger partial charge in [0, 0.05) is 12.2 Å². The third-order valence-corrected chi connectivity index (χ3v) is 3.34. The van der Waals surface area contributed by atoms with Crippen molar-refractivity contribution in [1.82, 2.24) is 5.32 Å². The number of carbonyl (C=O) groups is 1. The van der Waals surface area contributed by atoms with Gasteiger partial charge in [0.25, 0.3) is 0 Å². The zero-order chi connectivity index (χ0) is 16.5. The maximum atomic E-state index is 12.1. The number of amides is 1. The Morgan fingerprint density at radius 1 is 1.13 bits per heavy atom. The molecular formula is C18H23N3O2. The zero-order valence-corrected chi connectivity index (χ0v) is 13.6. The minimum Gasteiger partial charge on any atom is -0.495 e. The van der Waals surface area contributed by atoms with E-state index in [2.05, 4.69) is 22.9 Å². The van der Waals surface area contributed by atoms with Crippen molar-refractivity contribution >= 4 is 17.3 Å². The lowest BCUT2D eigenvalue weighted by atomic mass is 10.2. The first-order valence-electron chi connectivity index (χ1n) is 7.69. The Labute approximate surface area is 137 Å². The van der Waals surface area contributed by atoms with Crippen LogP contribution in [0.25, 0.3) is 0 Å². The molecule has 0 unspecified atom stereocenters. The van der Waals surface area contributed by atoms with E-state index in [1.165, 1.54) is 0 Å². The van der Waals surface area contributed by atoms with E-state index in [4.69, 9.17) is 4.74 Å². The summed E-state index contributed by atoms with van der Waals surface area (Å²) >= 11 is 0. The van der Waals surface area contributed by atoms with Gasteiger partial charge in [0.2, 0.25) is 5.91 Å². The Morgan fingerprint density at radius 2 is 1.96 bits per heavy atom. The number of benzene rings is 2. The van der Waals surface area contributed by atoms with Crippen molar-refractivity contribution in [3.8, 4) is 5.75 Å². The minimum atomic E-state index is -0.100. The van der Waals surface area contributed by atoms with Crippen molar-refractivity contribution in [2.75, 3.05) is 30.8 Å². The highest BCUT2D eigenvalue weighted by atomic mass is 16.5. The molecule has 3 N–H and O–H groups in total. The number of ether oxygens (including phenoxy) is 1. The molecule has 5 nitrogen and oxygen atoms in total. The third kappa shape index (κ3) is 5.30. The van der Waals surface area contributed by atoms with Gasteiger partial charge in [0.15, 0.2) is 0 Å². The highest BCUT2D eigenvalue weighted by Gasteiger charge is 2.05. The van der Waals surface area contributed by atoms with Gasteiger partial charge in [-0.1, -0.05) is 31.2 Å². The first-order chi connectivity index (χ1) is 11.2.